The zero-order valence-corrected chi connectivity index (χ0v) is 21.4. The molecular formula is C24H21BrClN3O4S. The molecule has 0 aromatic heterocycles. The number of methoxy groups -OCH3 is 1. The maximum atomic E-state index is 12.6. The van der Waals surface area contributed by atoms with Crippen molar-refractivity contribution in [3.63, 3.8) is 0 Å². The minimum atomic E-state index is -0.378. The Hall–Kier alpha value is -3.14. The third-order valence-electron chi connectivity index (χ3n) is 4.55. The number of nitrogens with one attached hydrogen (secondary N) is 3. The first-order valence-electron chi connectivity index (χ1n) is 10.1. The average molecular weight is 563 g/mol. The molecule has 34 heavy (non-hydrogen) atoms. The Labute approximate surface area is 215 Å². The molecule has 3 N–H and O–H groups in total. The van der Waals surface area contributed by atoms with Gasteiger partial charge in [0.2, 0.25) is 0 Å². The van der Waals surface area contributed by atoms with Crippen LogP contribution in [-0.2, 0) is 0 Å². The van der Waals surface area contributed by atoms with Gasteiger partial charge in [-0.25, -0.2) is 0 Å². The van der Waals surface area contributed by atoms with Gasteiger partial charge in [-0.3, -0.25) is 14.9 Å². The lowest BCUT2D eigenvalue weighted by Gasteiger charge is -2.14. The van der Waals surface area contributed by atoms with Crippen LogP contribution in [0.15, 0.2) is 65.1 Å². The summed E-state index contributed by atoms with van der Waals surface area (Å²) in [6.07, 6.45) is 0. The number of hydrogen-bond donors (Lipinski definition) is 3. The highest BCUT2D eigenvalue weighted by atomic mass is 79.9. The van der Waals surface area contributed by atoms with E-state index in [4.69, 9.17) is 33.3 Å². The van der Waals surface area contributed by atoms with Crippen LogP contribution in [0, 0.1) is 0 Å². The van der Waals surface area contributed by atoms with Crippen LogP contribution in [0.3, 0.4) is 0 Å². The van der Waals surface area contributed by atoms with Gasteiger partial charge in [0, 0.05) is 17.3 Å². The van der Waals surface area contributed by atoms with Gasteiger partial charge < -0.3 is 20.1 Å². The lowest BCUT2D eigenvalue weighted by atomic mass is 10.2. The molecule has 0 fully saturated rings. The van der Waals surface area contributed by atoms with Gasteiger partial charge >= 0.3 is 0 Å². The Bertz CT molecular complexity index is 1240. The van der Waals surface area contributed by atoms with E-state index in [0.717, 1.165) is 0 Å². The number of halogens is 2. The Kier molecular flexibility index (Phi) is 8.86. The summed E-state index contributed by atoms with van der Waals surface area (Å²) in [6, 6.07) is 16.7. The molecule has 2 amide bonds. The summed E-state index contributed by atoms with van der Waals surface area (Å²) in [4.78, 5) is 25.1. The molecule has 3 rings (SSSR count). The molecule has 0 atom stereocenters. The van der Waals surface area contributed by atoms with Gasteiger partial charge in [-0.1, -0.05) is 23.7 Å². The predicted molar refractivity (Wildman–Crippen MR) is 141 cm³/mol. The van der Waals surface area contributed by atoms with Crippen LogP contribution in [0.4, 0.5) is 11.4 Å². The minimum absolute atomic E-state index is 0.102. The number of hydrogen-bond acceptors (Lipinski definition) is 5. The standard InChI is InChI=1S/C24H21BrClN3O4S/c1-3-33-20-11-8-14(12-17(20)25)22(30)29-24(34)27-15-9-10-19(21(13-15)32-2)28-23(31)16-6-4-5-7-18(16)26/h4-13H,3H2,1-2H3,(H,28,31)(H2,27,29,30,34). The molecule has 0 spiro atoms. The molecule has 0 saturated heterocycles. The zero-order valence-electron chi connectivity index (χ0n) is 18.3. The van der Waals surface area contributed by atoms with Crippen molar-refractivity contribution in [2.45, 2.75) is 6.92 Å². The molecule has 10 heteroatoms. The van der Waals surface area contributed by atoms with Gasteiger partial charge in [-0.15, -0.1) is 0 Å². The second kappa shape index (κ2) is 11.8. The molecule has 3 aromatic carbocycles. The predicted octanol–water partition coefficient (Wildman–Crippen LogP) is 5.89. The smallest absolute Gasteiger partial charge is 0.257 e. The van der Waals surface area contributed by atoms with Crippen LogP contribution in [0.25, 0.3) is 0 Å². The van der Waals surface area contributed by atoms with E-state index in [1.165, 1.54) is 7.11 Å². The number of benzene rings is 3. The largest absolute Gasteiger partial charge is 0.494 e. The third kappa shape index (κ3) is 6.47. The van der Waals surface area contributed by atoms with Gasteiger partial charge in [0.15, 0.2) is 5.11 Å². The van der Waals surface area contributed by atoms with Crippen molar-refractivity contribution in [3.05, 3.63) is 81.3 Å². The van der Waals surface area contributed by atoms with Crippen molar-refractivity contribution in [1.82, 2.24) is 5.32 Å². The van der Waals surface area contributed by atoms with E-state index >= 15 is 0 Å². The highest BCUT2D eigenvalue weighted by molar-refractivity contribution is 9.10. The summed E-state index contributed by atoms with van der Waals surface area (Å²) in [5.74, 6) is 0.300. The van der Waals surface area contributed by atoms with E-state index in [1.807, 2.05) is 6.92 Å². The molecular weight excluding hydrogens is 542 g/mol. The summed E-state index contributed by atoms with van der Waals surface area (Å²) in [6.45, 7) is 2.40. The number of ether oxygens (including phenoxy) is 2. The van der Waals surface area contributed by atoms with Crippen molar-refractivity contribution in [2.75, 3.05) is 24.4 Å². The summed E-state index contributed by atoms with van der Waals surface area (Å²) in [5.41, 5.74) is 1.77. The molecule has 7 nitrogen and oxygen atoms in total. The maximum Gasteiger partial charge on any atom is 0.257 e. The fourth-order valence-corrected chi connectivity index (χ4v) is 3.88. The van der Waals surface area contributed by atoms with Gasteiger partial charge in [-0.05, 0) is 77.5 Å². The molecule has 0 bridgehead atoms. The highest BCUT2D eigenvalue weighted by Gasteiger charge is 2.14. The van der Waals surface area contributed by atoms with Crippen LogP contribution in [0.5, 0.6) is 11.5 Å². The van der Waals surface area contributed by atoms with Crippen molar-refractivity contribution in [1.29, 1.82) is 0 Å². The molecule has 0 unspecified atom stereocenters. The average Bonchev–Trinajstić information content (AvgIpc) is 2.81. The van der Waals surface area contributed by atoms with E-state index in [-0.39, 0.29) is 16.9 Å². The molecule has 0 aliphatic carbocycles. The zero-order chi connectivity index (χ0) is 24.7. The lowest BCUT2D eigenvalue weighted by Crippen LogP contribution is -2.34. The minimum Gasteiger partial charge on any atom is -0.494 e. The number of rotatable bonds is 7. The normalized spacial score (nSPS) is 10.2. The Morgan fingerprint density at radius 3 is 2.44 bits per heavy atom. The second-order valence-corrected chi connectivity index (χ2v) is 8.51. The molecule has 3 aromatic rings. The van der Waals surface area contributed by atoms with Crippen LogP contribution in [0.2, 0.25) is 5.02 Å². The van der Waals surface area contributed by atoms with E-state index in [0.29, 0.717) is 50.1 Å². The van der Waals surface area contributed by atoms with Crippen molar-refractivity contribution < 1.29 is 19.1 Å². The summed E-state index contributed by atoms with van der Waals surface area (Å²) >= 11 is 14.8. The highest BCUT2D eigenvalue weighted by Crippen LogP contribution is 2.29. The van der Waals surface area contributed by atoms with Gasteiger partial charge in [0.25, 0.3) is 11.8 Å². The van der Waals surface area contributed by atoms with E-state index in [9.17, 15) is 9.59 Å². The maximum absolute atomic E-state index is 12.6. The number of carbonyl (C=O) groups is 2. The molecule has 0 aliphatic rings. The van der Waals surface area contributed by atoms with Crippen molar-refractivity contribution >= 4 is 68.1 Å². The molecule has 0 aliphatic heterocycles. The monoisotopic (exact) mass is 561 g/mol. The first kappa shape index (κ1) is 25.5. The number of carbonyl (C=O) groups excluding carboxylic acids is 2. The number of thiocarbonyl (C=S) groups is 1. The molecule has 0 heterocycles. The summed E-state index contributed by atoms with van der Waals surface area (Å²) in [7, 11) is 1.48. The van der Waals surface area contributed by atoms with Crippen LogP contribution in [-0.4, -0.2) is 30.6 Å². The molecule has 0 saturated carbocycles. The van der Waals surface area contributed by atoms with E-state index in [1.54, 1.807) is 60.7 Å². The summed E-state index contributed by atoms with van der Waals surface area (Å²) < 4.78 is 11.5. The first-order valence-corrected chi connectivity index (χ1v) is 11.7. The molecule has 0 radical (unpaired) electrons. The Morgan fingerprint density at radius 2 is 1.76 bits per heavy atom. The van der Waals surface area contributed by atoms with E-state index in [2.05, 4.69) is 31.9 Å². The van der Waals surface area contributed by atoms with Gasteiger partial charge in [0.1, 0.15) is 11.5 Å². The number of anilines is 2. The first-order chi connectivity index (χ1) is 16.3. The van der Waals surface area contributed by atoms with Crippen molar-refractivity contribution in [2.24, 2.45) is 0 Å². The van der Waals surface area contributed by atoms with Crippen LogP contribution in [0.1, 0.15) is 27.6 Å². The van der Waals surface area contributed by atoms with Gasteiger partial charge in [0.05, 0.1) is 34.5 Å². The second-order valence-electron chi connectivity index (χ2n) is 6.84. The third-order valence-corrected chi connectivity index (χ3v) is 5.70. The van der Waals surface area contributed by atoms with Crippen LogP contribution < -0.4 is 25.4 Å². The van der Waals surface area contributed by atoms with Crippen molar-refractivity contribution in [3.8, 4) is 11.5 Å². The van der Waals surface area contributed by atoms with E-state index < -0.39 is 0 Å². The fourth-order valence-electron chi connectivity index (χ4n) is 2.96. The number of amides is 2. The Morgan fingerprint density at radius 1 is 1.00 bits per heavy atom. The summed E-state index contributed by atoms with van der Waals surface area (Å²) in [5, 5.41) is 8.79. The van der Waals surface area contributed by atoms with Crippen LogP contribution >= 0.6 is 39.7 Å². The SMILES string of the molecule is CCOc1ccc(C(=O)NC(=S)Nc2ccc(NC(=O)c3ccccc3Cl)c(OC)c2)cc1Br. The molecule has 176 valence electrons. The quantitative estimate of drug-likeness (QED) is 0.311. The van der Waals surface area contributed by atoms with Gasteiger partial charge in [-0.2, -0.15) is 0 Å². The lowest BCUT2D eigenvalue weighted by molar-refractivity contribution is 0.0976. The Balaban J connectivity index is 1.66. The fraction of sp³-hybridized carbons (Fsp3) is 0.125. The topological polar surface area (TPSA) is 88.7 Å².